The molecule has 7 nitrogen and oxygen atoms in total. The number of nitrogens with one attached hydrogen (secondary N) is 2. The molecular formula is C20H12ClF3N4O3. The van der Waals surface area contributed by atoms with E-state index >= 15 is 0 Å². The van der Waals surface area contributed by atoms with Crippen LogP contribution in [0.15, 0.2) is 57.8 Å². The highest BCUT2D eigenvalue weighted by molar-refractivity contribution is 6.31. The summed E-state index contributed by atoms with van der Waals surface area (Å²) in [5.74, 6) is -0.869. The number of rotatable bonds is 4. The summed E-state index contributed by atoms with van der Waals surface area (Å²) in [6.45, 7) is -0.0262. The highest BCUT2D eigenvalue weighted by Crippen LogP contribution is 2.34. The minimum absolute atomic E-state index is 0.0192. The Bertz CT molecular complexity index is 1350. The number of hydrogen-bond donors (Lipinski definition) is 2. The van der Waals surface area contributed by atoms with E-state index in [0.29, 0.717) is 16.5 Å². The molecule has 0 saturated heterocycles. The van der Waals surface area contributed by atoms with Crippen LogP contribution in [0.4, 0.5) is 13.2 Å². The van der Waals surface area contributed by atoms with Crippen molar-refractivity contribution in [2.45, 2.75) is 12.7 Å². The summed E-state index contributed by atoms with van der Waals surface area (Å²) in [5, 5.41) is 13.4. The molecule has 0 atom stereocenters. The average molecular weight is 449 g/mol. The zero-order chi connectivity index (χ0) is 22.2. The van der Waals surface area contributed by atoms with E-state index in [1.165, 1.54) is 12.1 Å². The van der Waals surface area contributed by atoms with Crippen molar-refractivity contribution in [2.24, 2.45) is 0 Å². The molecule has 0 radical (unpaired) electrons. The lowest BCUT2D eigenvalue weighted by molar-refractivity contribution is -0.137. The van der Waals surface area contributed by atoms with Gasteiger partial charge in [-0.25, -0.2) is 5.10 Å². The highest BCUT2D eigenvalue weighted by Gasteiger charge is 2.31. The lowest BCUT2D eigenvalue weighted by atomic mass is 10.1. The van der Waals surface area contributed by atoms with Crippen molar-refractivity contribution < 1.29 is 22.5 Å². The number of aromatic nitrogens is 3. The van der Waals surface area contributed by atoms with Crippen LogP contribution >= 0.6 is 11.6 Å². The van der Waals surface area contributed by atoms with E-state index in [4.69, 9.17) is 16.1 Å². The molecule has 0 spiro atoms. The molecule has 11 heteroatoms. The number of carbonyl (C=O) groups is 1. The molecule has 2 aromatic carbocycles. The van der Waals surface area contributed by atoms with Crippen molar-refractivity contribution >= 4 is 28.3 Å². The summed E-state index contributed by atoms with van der Waals surface area (Å²) >= 11 is 5.78. The fraction of sp³-hybridized carbons (Fsp3) is 0.100. The Labute approximate surface area is 176 Å². The molecule has 2 heterocycles. The van der Waals surface area contributed by atoms with E-state index < -0.39 is 17.6 Å². The van der Waals surface area contributed by atoms with Gasteiger partial charge in [0.25, 0.3) is 11.5 Å². The molecule has 0 aliphatic carbocycles. The van der Waals surface area contributed by atoms with Crippen molar-refractivity contribution in [3.63, 3.8) is 0 Å². The van der Waals surface area contributed by atoms with Gasteiger partial charge in [0.05, 0.1) is 23.2 Å². The SMILES string of the molecule is O=C(NCc1n[nH]c(=O)c2ccccc12)c1cc(-c2cc(Cl)cc(C(F)(F)F)c2)no1. The zero-order valence-electron chi connectivity index (χ0n) is 15.5. The Morgan fingerprint density at radius 3 is 2.61 bits per heavy atom. The van der Waals surface area contributed by atoms with Gasteiger partial charge in [-0.2, -0.15) is 18.3 Å². The largest absolute Gasteiger partial charge is 0.416 e. The molecule has 158 valence electrons. The third-order valence-electron chi connectivity index (χ3n) is 4.45. The number of alkyl halides is 3. The van der Waals surface area contributed by atoms with Crippen LogP contribution in [0.25, 0.3) is 22.0 Å². The number of amides is 1. The number of benzene rings is 2. The van der Waals surface area contributed by atoms with Gasteiger partial charge in [0, 0.05) is 22.0 Å². The third kappa shape index (κ3) is 4.29. The molecule has 2 N–H and O–H groups in total. The first-order valence-electron chi connectivity index (χ1n) is 8.82. The Kier molecular flexibility index (Phi) is 5.24. The summed E-state index contributed by atoms with van der Waals surface area (Å²) in [6.07, 6.45) is -4.59. The predicted molar refractivity (Wildman–Crippen MR) is 105 cm³/mol. The second kappa shape index (κ2) is 7.88. The van der Waals surface area contributed by atoms with Crippen LogP contribution in [0.2, 0.25) is 5.02 Å². The number of hydrogen-bond acceptors (Lipinski definition) is 5. The van der Waals surface area contributed by atoms with Crippen molar-refractivity contribution in [2.75, 3.05) is 0 Å². The van der Waals surface area contributed by atoms with Crippen LogP contribution in [0, 0.1) is 0 Å². The molecule has 2 aromatic heterocycles. The lowest BCUT2D eigenvalue weighted by Gasteiger charge is -2.08. The van der Waals surface area contributed by atoms with Crippen molar-refractivity contribution in [1.82, 2.24) is 20.7 Å². The maximum atomic E-state index is 13.0. The fourth-order valence-corrected chi connectivity index (χ4v) is 3.21. The van der Waals surface area contributed by atoms with Gasteiger partial charge in [0.15, 0.2) is 0 Å². The molecule has 4 aromatic rings. The Hall–Kier alpha value is -3.66. The van der Waals surface area contributed by atoms with Gasteiger partial charge >= 0.3 is 6.18 Å². The molecule has 31 heavy (non-hydrogen) atoms. The molecule has 4 rings (SSSR count). The average Bonchev–Trinajstić information content (AvgIpc) is 3.23. The quantitative estimate of drug-likeness (QED) is 0.487. The molecule has 0 aliphatic heterocycles. The maximum Gasteiger partial charge on any atom is 0.416 e. The van der Waals surface area contributed by atoms with Crippen molar-refractivity contribution in [3.05, 3.63) is 80.9 Å². The van der Waals surface area contributed by atoms with Gasteiger partial charge in [0.1, 0.15) is 5.69 Å². The first kappa shape index (κ1) is 20.6. The first-order valence-corrected chi connectivity index (χ1v) is 9.19. The van der Waals surface area contributed by atoms with Crippen LogP contribution < -0.4 is 10.9 Å². The first-order chi connectivity index (χ1) is 14.7. The number of fused-ring (bicyclic) bond motifs is 1. The Balaban J connectivity index is 1.54. The summed E-state index contributed by atoms with van der Waals surface area (Å²) in [4.78, 5) is 24.2. The van der Waals surface area contributed by atoms with Crippen LogP contribution in [0.3, 0.4) is 0 Å². The number of H-pyrrole nitrogens is 1. The van der Waals surface area contributed by atoms with Gasteiger partial charge in [0.2, 0.25) is 5.76 Å². The summed E-state index contributed by atoms with van der Waals surface area (Å²) in [7, 11) is 0. The number of aromatic amines is 1. The smallest absolute Gasteiger partial charge is 0.350 e. The van der Waals surface area contributed by atoms with E-state index in [1.54, 1.807) is 24.3 Å². The standard InChI is InChI=1S/C20H12ClF3N4O3/c21-12-6-10(5-11(7-12)20(22,23)24)15-8-17(31-28-15)19(30)25-9-16-13-3-1-2-4-14(13)18(29)27-26-16/h1-8H,9H2,(H,25,30)(H,27,29). The summed E-state index contributed by atoms with van der Waals surface area (Å²) in [6, 6.07) is 10.9. The predicted octanol–water partition coefficient (Wildman–Crippen LogP) is 4.18. The van der Waals surface area contributed by atoms with E-state index in [-0.39, 0.29) is 34.1 Å². The minimum Gasteiger partial charge on any atom is -0.350 e. The lowest BCUT2D eigenvalue weighted by Crippen LogP contribution is -2.24. The molecular weight excluding hydrogens is 437 g/mol. The van der Waals surface area contributed by atoms with Crippen LogP contribution in [-0.2, 0) is 12.7 Å². The number of halogens is 4. The molecule has 1 amide bonds. The molecule has 0 fully saturated rings. The third-order valence-corrected chi connectivity index (χ3v) is 4.66. The van der Waals surface area contributed by atoms with Crippen molar-refractivity contribution in [1.29, 1.82) is 0 Å². The highest BCUT2D eigenvalue weighted by atomic mass is 35.5. The number of nitrogens with zero attached hydrogens (tertiary/aromatic N) is 2. The summed E-state index contributed by atoms with van der Waals surface area (Å²) in [5.41, 5.74) is -0.806. The van der Waals surface area contributed by atoms with Gasteiger partial charge < -0.3 is 9.84 Å². The van der Waals surface area contributed by atoms with Gasteiger partial charge in [-0.1, -0.05) is 35.0 Å². The van der Waals surface area contributed by atoms with E-state index in [0.717, 1.165) is 12.1 Å². The number of carbonyl (C=O) groups excluding carboxylic acids is 1. The van der Waals surface area contributed by atoms with E-state index in [1.807, 2.05) is 0 Å². The molecule has 0 aliphatic rings. The molecule has 0 saturated carbocycles. The maximum absolute atomic E-state index is 13.0. The Morgan fingerprint density at radius 2 is 1.87 bits per heavy atom. The fourth-order valence-electron chi connectivity index (χ4n) is 2.98. The van der Waals surface area contributed by atoms with E-state index in [9.17, 15) is 22.8 Å². The van der Waals surface area contributed by atoms with E-state index in [2.05, 4.69) is 20.7 Å². The van der Waals surface area contributed by atoms with Crippen LogP contribution in [-0.4, -0.2) is 21.3 Å². The molecule has 0 bridgehead atoms. The van der Waals surface area contributed by atoms with Gasteiger partial charge in [-0.05, 0) is 24.3 Å². The second-order valence-electron chi connectivity index (χ2n) is 6.53. The van der Waals surface area contributed by atoms with Gasteiger partial charge in [-0.3, -0.25) is 9.59 Å². The molecule has 0 unspecified atom stereocenters. The minimum atomic E-state index is -4.59. The van der Waals surface area contributed by atoms with Crippen LogP contribution in [0.5, 0.6) is 0 Å². The zero-order valence-corrected chi connectivity index (χ0v) is 16.2. The normalized spacial score (nSPS) is 11.6. The topological polar surface area (TPSA) is 101 Å². The monoisotopic (exact) mass is 448 g/mol. The van der Waals surface area contributed by atoms with Crippen molar-refractivity contribution in [3.8, 4) is 11.3 Å². The Morgan fingerprint density at radius 1 is 1.13 bits per heavy atom. The van der Waals surface area contributed by atoms with Gasteiger partial charge in [-0.15, -0.1) is 0 Å². The summed E-state index contributed by atoms with van der Waals surface area (Å²) < 4.78 is 44.0. The van der Waals surface area contributed by atoms with Crippen LogP contribution in [0.1, 0.15) is 21.8 Å². The second-order valence-corrected chi connectivity index (χ2v) is 6.97.